The van der Waals surface area contributed by atoms with E-state index in [2.05, 4.69) is 28.7 Å². The van der Waals surface area contributed by atoms with Gasteiger partial charge in [0.1, 0.15) is 6.61 Å². The van der Waals surface area contributed by atoms with Crippen molar-refractivity contribution >= 4 is 57.4 Å². The van der Waals surface area contributed by atoms with Crippen LogP contribution in [0.15, 0.2) is 60.7 Å². The Bertz CT molecular complexity index is 1110. The highest BCUT2D eigenvalue weighted by Gasteiger charge is 2.14. The Morgan fingerprint density at radius 1 is 1.03 bits per heavy atom. The zero-order valence-electron chi connectivity index (χ0n) is 16.2. The minimum absolute atomic E-state index is 0.370. The van der Waals surface area contributed by atoms with Gasteiger partial charge in [-0.15, -0.1) is 0 Å². The van der Waals surface area contributed by atoms with E-state index in [0.29, 0.717) is 45.9 Å². The summed E-state index contributed by atoms with van der Waals surface area (Å²) in [6, 6.07) is 21.1. The SMILES string of the molecule is CCOc1cc(C=C(C#N)c2ccccc2Cl)cc(Cl)c1OCc1ccc(I)cc1. The summed E-state index contributed by atoms with van der Waals surface area (Å²) in [5.41, 5.74) is 2.85. The van der Waals surface area contributed by atoms with Crippen LogP contribution < -0.4 is 9.47 Å². The molecule has 0 aliphatic heterocycles. The van der Waals surface area contributed by atoms with Crippen molar-refractivity contribution in [2.24, 2.45) is 0 Å². The van der Waals surface area contributed by atoms with Gasteiger partial charge in [0.15, 0.2) is 11.5 Å². The maximum absolute atomic E-state index is 9.63. The Labute approximate surface area is 200 Å². The first-order chi connectivity index (χ1) is 14.5. The van der Waals surface area contributed by atoms with Gasteiger partial charge in [-0.1, -0.05) is 53.5 Å². The van der Waals surface area contributed by atoms with Crippen LogP contribution in [0.25, 0.3) is 11.6 Å². The van der Waals surface area contributed by atoms with Gasteiger partial charge in [-0.2, -0.15) is 5.26 Å². The van der Waals surface area contributed by atoms with Crippen LogP contribution in [-0.2, 0) is 6.61 Å². The zero-order chi connectivity index (χ0) is 21.5. The largest absolute Gasteiger partial charge is 0.490 e. The fourth-order valence-electron chi connectivity index (χ4n) is 2.83. The molecule has 0 aliphatic carbocycles. The Balaban J connectivity index is 1.93. The number of nitriles is 1. The summed E-state index contributed by atoms with van der Waals surface area (Å²) >= 11 is 15.0. The lowest BCUT2D eigenvalue weighted by Crippen LogP contribution is -2.01. The average molecular weight is 550 g/mol. The number of nitrogens with zero attached hydrogens (tertiary/aromatic N) is 1. The van der Waals surface area contributed by atoms with Crippen LogP contribution in [0.4, 0.5) is 0 Å². The minimum atomic E-state index is 0.370. The van der Waals surface area contributed by atoms with Crippen LogP contribution in [0.1, 0.15) is 23.6 Å². The van der Waals surface area contributed by atoms with Gasteiger partial charge in [0.2, 0.25) is 0 Å². The molecule has 0 aliphatic rings. The lowest BCUT2D eigenvalue weighted by atomic mass is 10.0. The Kier molecular flexibility index (Phi) is 8.03. The summed E-state index contributed by atoms with van der Waals surface area (Å²) in [4.78, 5) is 0. The number of rotatable bonds is 7. The van der Waals surface area contributed by atoms with Crippen LogP contribution in [0.3, 0.4) is 0 Å². The predicted molar refractivity (Wildman–Crippen MR) is 131 cm³/mol. The van der Waals surface area contributed by atoms with Crippen molar-refractivity contribution in [1.29, 1.82) is 5.26 Å². The lowest BCUT2D eigenvalue weighted by molar-refractivity contribution is 0.269. The Morgan fingerprint density at radius 2 is 1.77 bits per heavy atom. The third-order valence-corrected chi connectivity index (χ3v) is 5.55. The minimum Gasteiger partial charge on any atom is -0.490 e. The molecule has 6 heteroatoms. The van der Waals surface area contributed by atoms with Gasteiger partial charge in [-0.05, 0) is 77.0 Å². The number of allylic oxidation sites excluding steroid dienone is 1. The molecule has 0 amide bonds. The van der Waals surface area contributed by atoms with Crippen LogP contribution in [0, 0.1) is 14.9 Å². The highest BCUT2D eigenvalue weighted by molar-refractivity contribution is 14.1. The number of halogens is 3. The second kappa shape index (κ2) is 10.7. The zero-order valence-corrected chi connectivity index (χ0v) is 19.8. The highest BCUT2D eigenvalue weighted by atomic mass is 127. The maximum Gasteiger partial charge on any atom is 0.180 e. The van der Waals surface area contributed by atoms with Gasteiger partial charge in [0.05, 0.1) is 23.3 Å². The molecule has 0 N–H and O–H groups in total. The normalized spacial score (nSPS) is 11.1. The molecule has 0 heterocycles. The summed E-state index contributed by atoms with van der Waals surface area (Å²) < 4.78 is 12.9. The van der Waals surface area contributed by atoms with Crippen molar-refractivity contribution in [2.75, 3.05) is 6.61 Å². The summed E-state index contributed by atoms with van der Waals surface area (Å²) in [5, 5.41) is 10.5. The second-order valence-electron chi connectivity index (χ2n) is 6.33. The molecule has 0 unspecified atom stereocenters. The third kappa shape index (κ3) is 5.69. The van der Waals surface area contributed by atoms with E-state index in [1.165, 1.54) is 0 Å². The van der Waals surface area contributed by atoms with Crippen LogP contribution in [0.2, 0.25) is 10.0 Å². The average Bonchev–Trinajstić information content (AvgIpc) is 2.73. The first kappa shape index (κ1) is 22.5. The number of hydrogen-bond acceptors (Lipinski definition) is 3. The molecule has 152 valence electrons. The summed E-state index contributed by atoms with van der Waals surface area (Å²) in [6.07, 6.45) is 1.73. The van der Waals surface area contributed by atoms with E-state index < -0.39 is 0 Å². The van der Waals surface area contributed by atoms with E-state index >= 15 is 0 Å². The molecule has 0 spiro atoms. The quantitative estimate of drug-likeness (QED) is 0.173. The fraction of sp³-hybridized carbons (Fsp3) is 0.125. The summed E-state index contributed by atoms with van der Waals surface area (Å²) in [5.74, 6) is 1.00. The molecule has 0 aromatic heterocycles. The van der Waals surface area contributed by atoms with Crippen molar-refractivity contribution in [3.8, 4) is 17.6 Å². The molecule has 0 radical (unpaired) electrons. The molecule has 0 saturated heterocycles. The van der Waals surface area contributed by atoms with E-state index in [0.717, 1.165) is 14.7 Å². The van der Waals surface area contributed by atoms with Crippen molar-refractivity contribution in [3.05, 3.63) is 91.0 Å². The molecule has 3 rings (SSSR count). The van der Waals surface area contributed by atoms with E-state index in [9.17, 15) is 5.26 Å². The number of ether oxygens (including phenoxy) is 2. The monoisotopic (exact) mass is 549 g/mol. The van der Waals surface area contributed by atoms with Crippen LogP contribution >= 0.6 is 45.8 Å². The van der Waals surface area contributed by atoms with Gasteiger partial charge < -0.3 is 9.47 Å². The first-order valence-electron chi connectivity index (χ1n) is 9.22. The summed E-state index contributed by atoms with van der Waals surface area (Å²) in [6.45, 7) is 2.72. The number of hydrogen-bond donors (Lipinski definition) is 0. The van der Waals surface area contributed by atoms with Crippen LogP contribution in [0.5, 0.6) is 11.5 Å². The van der Waals surface area contributed by atoms with E-state index in [1.54, 1.807) is 24.3 Å². The van der Waals surface area contributed by atoms with Crippen LogP contribution in [-0.4, -0.2) is 6.61 Å². The Morgan fingerprint density at radius 3 is 2.43 bits per heavy atom. The third-order valence-electron chi connectivity index (χ3n) is 4.22. The van der Waals surface area contributed by atoms with E-state index in [1.807, 2.05) is 49.4 Å². The molecule has 0 bridgehead atoms. The molecule has 0 saturated carbocycles. The van der Waals surface area contributed by atoms with Gasteiger partial charge in [0.25, 0.3) is 0 Å². The first-order valence-corrected chi connectivity index (χ1v) is 11.1. The molecular formula is C24H18Cl2INO2. The highest BCUT2D eigenvalue weighted by Crippen LogP contribution is 2.38. The molecule has 0 atom stereocenters. The number of benzene rings is 3. The smallest absolute Gasteiger partial charge is 0.180 e. The predicted octanol–water partition coefficient (Wildman–Crippen LogP) is 7.64. The topological polar surface area (TPSA) is 42.2 Å². The van der Waals surface area contributed by atoms with Gasteiger partial charge in [-0.25, -0.2) is 0 Å². The molecule has 3 nitrogen and oxygen atoms in total. The fourth-order valence-corrected chi connectivity index (χ4v) is 3.70. The summed E-state index contributed by atoms with van der Waals surface area (Å²) in [7, 11) is 0. The molecule has 3 aromatic carbocycles. The van der Waals surface area contributed by atoms with Gasteiger partial charge in [-0.3, -0.25) is 0 Å². The molecule has 30 heavy (non-hydrogen) atoms. The standard InChI is InChI=1S/C24H18Cl2INO2/c1-2-29-23-13-17(11-18(14-28)20-5-3-4-6-21(20)25)12-22(26)24(23)30-15-16-7-9-19(27)10-8-16/h3-13H,2,15H2,1H3. The van der Waals surface area contributed by atoms with Crippen molar-refractivity contribution < 1.29 is 9.47 Å². The van der Waals surface area contributed by atoms with Gasteiger partial charge in [0, 0.05) is 14.2 Å². The molecule has 3 aromatic rings. The van der Waals surface area contributed by atoms with Gasteiger partial charge >= 0.3 is 0 Å². The molecule has 0 fully saturated rings. The molecular weight excluding hydrogens is 532 g/mol. The van der Waals surface area contributed by atoms with Crippen molar-refractivity contribution in [2.45, 2.75) is 13.5 Å². The van der Waals surface area contributed by atoms with Crippen molar-refractivity contribution in [3.63, 3.8) is 0 Å². The second-order valence-corrected chi connectivity index (χ2v) is 8.39. The van der Waals surface area contributed by atoms with E-state index in [4.69, 9.17) is 32.7 Å². The maximum atomic E-state index is 9.63. The van der Waals surface area contributed by atoms with Crippen molar-refractivity contribution in [1.82, 2.24) is 0 Å². The Hall–Kier alpha value is -2.20. The lowest BCUT2D eigenvalue weighted by Gasteiger charge is -2.15. The van der Waals surface area contributed by atoms with E-state index in [-0.39, 0.29) is 0 Å².